The molecule has 0 heterocycles. The average molecular weight is 254 g/mol. The zero-order valence-corrected chi connectivity index (χ0v) is 12.7. The van der Waals surface area contributed by atoms with Gasteiger partial charge in [-0.05, 0) is 18.3 Å². The van der Waals surface area contributed by atoms with E-state index < -0.39 is 0 Å². The van der Waals surface area contributed by atoms with Gasteiger partial charge in [0.05, 0.1) is 0 Å². The highest BCUT2D eigenvalue weighted by atomic mass is 16.1. The van der Waals surface area contributed by atoms with E-state index in [-0.39, 0.29) is 5.41 Å². The molecule has 0 aliphatic heterocycles. The number of rotatable bonds is 10. The van der Waals surface area contributed by atoms with Crippen molar-refractivity contribution < 1.29 is 9.59 Å². The largest absolute Gasteiger partial charge is 0.300 e. The zero-order chi connectivity index (χ0) is 14.0. The number of hydrogen-bond donors (Lipinski definition) is 0. The van der Waals surface area contributed by atoms with Crippen molar-refractivity contribution in [2.24, 2.45) is 5.41 Å². The van der Waals surface area contributed by atoms with Crippen LogP contribution in [0, 0.1) is 5.41 Å². The van der Waals surface area contributed by atoms with Gasteiger partial charge in [-0.25, -0.2) is 0 Å². The highest BCUT2D eigenvalue weighted by Gasteiger charge is 2.15. The molecule has 0 fully saturated rings. The number of ketones is 2. The van der Waals surface area contributed by atoms with Crippen LogP contribution in [0.15, 0.2) is 0 Å². The molecule has 0 radical (unpaired) electrons. The predicted octanol–water partition coefficient (Wildman–Crippen LogP) is 4.70. The summed E-state index contributed by atoms with van der Waals surface area (Å²) in [5.41, 5.74) is 0.123. The van der Waals surface area contributed by atoms with Crippen LogP contribution >= 0.6 is 0 Å². The van der Waals surface area contributed by atoms with Crippen molar-refractivity contribution in [2.45, 2.75) is 85.5 Å². The first-order valence-electron chi connectivity index (χ1n) is 7.38. The second-order valence-corrected chi connectivity index (χ2v) is 6.44. The van der Waals surface area contributed by atoms with Gasteiger partial charge in [-0.3, -0.25) is 9.59 Å². The van der Waals surface area contributed by atoms with Crippen LogP contribution in [-0.4, -0.2) is 11.6 Å². The van der Waals surface area contributed by atoms with Crippen molar-refractivity contribution in [3.05, 3.63) is 0 Å². The summed E-state index contributed by atoms with van der Waals surface area (Å²) >= 11 is 0. The monoisotopic (exact) mass is 254 g/mol. The van der Waals surface area contributed by atoms with Crippen LogP contribution in [-0.2, 0) is 9.59 Å². The molecule has 0 aliphatic carbocycles. The molecule has 0 spiro atoms. The van der Waals surface area contributed by atoms with Crippen molar-refractivity contribution in [2.75, 3.05) is 0 Å². The van der Waals surface area contributed by atoms with E-state index in [4.69, 9.17) is 0 Å². The van der Waals surface area contributed by atoms with E-state index in [1.807, 2.05) is 6.92 Å². The van der Waals surface area contributed by atoms with E-state index in [0.717, 1.165) is 44.9 Å². The minimum atomic E-state index is 0.123. The molecule has 0 aliphatic rings. The summed E-state index contributed by atoms with van der Waals surface area (Å²) < 4.78 is 0. The summed E-state index contributed by atoms with van der Waals surface area (Å²) in [6.07, 6.45) is 8.25. The highest BCUT2D eigenvalue weighted by Crippen LogP contribution is 2.20. The summed E-state index contributed by atoms with van der Waals surface area (Å²) in [4.78, 5) is 22.7. The third-order valence-corrected chi connectivity index (χ3v) is 3.03. The maximum absolute atomic E-state index is 11.6. The minimum absolute atomic E-state index is 0.123. The van der Waals surface area contributed by atoms with Gasteiger partial charge in [-0.2, -0.15) is 0 Å². The molecule has 2 heteroatoms. The lowest BCUT2D eigenvalue weighted by molar-refractivity contribution is -0.121. The van der Waals surface area contributed by atoms with Crippen LogP contribution in [0.2, 0.25) is 0 Å². The molecule has 0 aromatic carbocycles. The Labute approximate surface area is 113 Å². The number of unbranched alkanes of at least 4 members (excludes halogenated alkanes) is 4. The lowest BCUT2D eigenvalue weighted by Gasteiger charge is -2.16. The van der Waals surface area contributed by atoms with Gasteiger partial charge in [0, 0.05) is 25.7 Å². The second kappa shape index (κ2) is 9.29. The van der Waals surface area contributed by atoms with E-state index in [2.05, 4.69) is 20.8 Å². The Kier molecular flexibility index (Phi) is 8.95. The number of hydrogen-bond acceptors (Lipinski definition) is 2. The first-order chi connectivity index (χ1) is 8.35. The molecule has 18 heavy (non-hydrogen) atoms. The van der Waals surface area contributed by atoms with E-state index in [1.165, 1.54) is 0 Å². The van der Waals surface area contributed by atoms with Crippen LogP contribution in [0.25, 0.3) is 0 Å². The molecule has 0 saturated carbocycles. The molecule has 0 aromatic heterocycles. The van der Waals surface area contributed by atoms with E-state index in [1.54, 1.807) is 0 Å². The molecule has 0 amide bonds. The van der Waals surface area contributed by atoms with Gasteiger partial charge in [0.1, 0.15) is 11.6 Å². The van der Waals surface area contributed by atoms with Gasteiger partial charge in [-0.15, -0.1) is 0 Å². The van der Waals surface area contributed by atoms with E-state index >= 15 is 0 Å². The predicted molar refractivity (Wildman–Crippen MR) is 76.7 cm³/mol. The first kappa shape index (κ1) is 17.3. The zero-order valence-electron chi connectivity index (χ0n) is 12.7. The van der Waals surface area contributed by atoms with Gasteiger partial charge < -0.3 is 0 Å². The summed E-state index contributed by atoms with van der Waals surface area (Å²) in [6, 6.07) is 0. The molecule has 106 valence electrons. The van der Waals surface area contributed by atoms with Gasteiger partial charge in [0.25, 0.3) is 0 Å². The number of carbonyl (C=O) groups excluding carboxylic acids is 2. The normalized spacial score (nSPS) is 11.6. The molecule has 0 saturated heterocycles. The Morgan fingerprint density at radius 1 is 0.778 bits per heavy atom. The molecule has 0 unspecified atom stereocenters. The third-order valence-electron chi connectivity index (χ3n) is 3.03. The van der Waals surface area contributed by atoms with Crippen molar-refractivity contribution in [1.29, 1.82) is 0 Å². The average Bonchev–Trinajstić information content (AvgIpc) is 2.25. The van der Waals surface area contributed by atoms with Gasteiger partial charge in [0.15, 0.2) is 0 Å². The molecule has 2 nitrogen and oxygen atoms in total. The summed E-state index contributed by atoms with van der Waals surface area (Å²) in [5.74, 6) is 0.763. The number of Topliss-reactive ketones (excluding diaryl/α,β-unsaturated/α-hetero) is 2. The fourth-order valence-corrected chi connectivity index (χ4v) is 2.03. The van der Waals surface area contributed by atoms with Crippen molar-refractivity contribution >= 4 is 11.6 Å². The lowest BCUT2D eigenvalue weighted by Crippen LogP contribution is -2.12. The fraction of sp³-hybridized carbons (Fsp3) is 0.875. The molecule has 0 bridgehead atoms. The smallest absolute Gasteiger partial charge is 0.133 e. The minimum Gasteiger partial charge on any atom is -0.300 e. The molecule has 0 atom stereocenters. The maximum Gasteiger partial charge on any atom is 0.133 e. The standard InChI is InChI=1S/C16H30O2/c1-5-14(17)11-9-7-6-8-10-12-15(18)13-16(2,3)4/h5-13H2,1-4H3. The summed E-state index contributed by atoms with van der Waals surface area (Å²) in [6.45, 7) is 8.24. The van der Waals surface area contributed by atoms with Crippen LogP contribution in [0.5, 0.6) is 0 Å². The highest BCUT2D eigenvalue weighted by molar-refractivity contribution is 5.79. The van der Waals surface area contributed by atoms with Crippen LogP contribution < -0.4 is 0 Å². The van der Waals surface area contributed by atoms with Crippen molar-refractivity contribution in [1.82, 2.24) is 0 Å². The van der Waals surface area contributed by atoms with Gasteiger partial charge in [-0.1, -0.05) is 47.0 Å². The van der Waals surface area contributed by atoms with Crippen molar-refractivity contribution in [3.63, 3.8) is 0 Å². The molecule has 0 rings (SSSR count). The molecule has 0 aromatic rings. The van der Waals surface area contributed by atoms with Crippen molar-refractivity contribution in [3.8, 4) is 0 Å². The van der Waals surface area contributed by atoms with Crippen LogP contribution in [0.1, 0.15) is 85.5 Å². The Bertz CT molecular complexity index is 248. The Hall–Kier alpha value is -0.660. The SMILES string of the molecule is CCC(=O)CCCCCCCC(=O)CC(C)(C)C. The van der Waals surface area contributed by atoms with E-state index in [0.29, 0.717) is 24.4 Å². The Morgan fingerprint density at radius 2 is 1.22 bits per heavy atom. The first-order valence-corrected chi connectivity index (χ1v) is 7.38. The van der Waals surface area contributed by atoms with Crippen LogP contribution in [0.3, 0.4) is 0 Å². The summed E-state index contributed by atoms with van der Waals surface area (Å²) in [7, 11) is 0. The molecular weight excluding hydrogens is 224 g/mol. The quantitative estimate of drug-likeness (QED) is 0.529. The second-order valence-electron chi connectivity index (χ2n) is 6.44. The molecular formula is C16H30O2. The van der Waals surface area contributed by atoms with Gasteiger partial charge in [0.2, 0.25) is 0 Å². The third kappa shape index (κ3) is 11.8. The maximum atomic E-state index is 11.6. The number of carbonyl (C=O) groups is 2. The van der Waals surface area contributed by atoms with Crippen LogP contribution in [0.4, 0.5) is 0 Å². The Morgan fingerprint density at radius 3 is 1.67 bits per heavy atom. The Balaban J connectivity index is 3.35. The lowest BCUT2D eigenvalue weighted by atomic mass is 9.88. The topological polar surface area (TPSA) is 34.1 Å². The fourth-order valence-electron chi connectivity index (χ4n) is 2.03. The molecule has 0 N–H and O–H groups in total. The summed E-state index contributed by atoms with van der Waals surface area (Å²) in [5, 5.41) is 0. The van der Waals surface area contributed by atoms with E-state index in [9.17, 15) is 9.59 Å². The van der Waals surface area contributed by atoms with Gasteiger partial charge >= 0.3 is 0 Å².